The first-order chi connectivity index (χ1) is 7.77. The highest BCUT2D eigenvalue weighted by molar-refractivity contribution is 5.98. The van der Waals surface area contributed by atoms with Gasteiger partial charge in [-0.2, -0.15) is 5.10 Å². The van der Waals surface area contributed by atoms with Crippen molar-refractivity contribution < 1.29 is 4.79 Å². The standard InChI is InChI=1S/C13H12N2O/c1-11-7-5-6-10-15(14-11)13(16)12-8-3-2-4-9-12/h2-10H,1H3. The van der Waals surface area contributed by atoms with Gasteiger partial charge in [-0.1, -0.05) is 24.3 Å². The van der Waals surface area contributed by atoms with Crippen LogP contribution in [0.1, 0.15) is 17.3 Å². The zero-order valence-corrected chi connectivity index (χ0v) is 9.00. The summed E-state index contributed by atoms with van der Waals surface area (Å²) >= 11 is 0. The highest BCUT2D eigenvalue weighted by Crippen LogP contribution is 2.08. The largest absolute Gasteiger partial charge is 0.278 e. The topological polar surface area (TPSA) is 32.7 Å². The summed E-state index contributed by atoms with van der Waals surface area (Å²) in [7, 11) is 0. The van der Waals surface area contributed by atoms with Gasteiger partial charge in [0.05, 0.1) is 5.71 Å². The van der Waals surface area contributed by atoms with Gasteiger partial charge in [-0.25, -0.2) is 5.01 Å². The molecule has 1 aliphatic heterocycles. The van der Waals surface area contributed by atoms with Gasteiger partial charge in [0, 0.05) is 11.8 Å². The van der Waals surface area contributed by atoms with E-state index in [1.807, 2.05) is 37.3 Å². The second kappa shape index (κ2) is 4.57. The lowest BCUT2D eigenvalue weighted by Crippen LogP contribution is -2.20. The molecule has 3 heteroatoms. The number of carbonyl (C=O) groups excluding carboxylic acids is 1. The first-order valence-electron chi connectivity index (χ1n) is 5.06. The lowest BCUT2D eigenvalue weighted by atomic mass is 10.2. The van der Waals surface area contributed by atoms with Crippen LogP contribution in [0.4, 0.5) is 0 Å². The molecule has 0 N–H and O–H groups in total. The summed E-state index contributed by atoms with van der Waals surface area (Å²) in [4.78, 5) is 12.0. The van der Waals surface area contributed by atoms with Gasteiger partial charge in [-0.3, -0.25) is 4.79 Å². The fourth-order valence-corrected chi connectivity index (χ4v) is 1.39. The Labute approximate surface area is 94.4 Å². The Morgan fingerprint density at radius 1 is 1.19 bits per heavy atom. The van der Waals surface area contributed by atoms with E-state index in [-0.39, 0.29) is 5.91 Å². The average Bonchev–Trinajstić information content (AvgIpc) is 2.54. The van der Waals surface area contributed by atoms with E-state index in [4.69, 9.17) is 0 Å². The molecule has 0 saturated carbocycles. The van der Waals surface area contributed by atoms with Gasteiger partial charge in [0.2, 0.25) is 0 Å². The molecule has 0 spiro atoms. The molecule has 1 aromatic carbocycles. The number of hydrogen-bond acceptors (Lipinski definition) is 2. The third-order valence-electron chi connectivity index (χ3n) is 2.17. The molecular formula is C13H12N2O. The predicted molar refractivity (Wildman–Crippen MR) is 64.0 cm³/mol. The summed E-state index contributed by atoms with van der Waals surface area (Å²) < 4.78 is 0. The van der Waals surface area contributed by atoms with E-state index < -0.39 is 0 Å². The van der Waals surface area contributed by atoms with Crippen LogP contribution in [0.5, 0.6) is 0 Å². The molecule has 16 heavy (non-hydrogen) atoms. The van der Waals surface area contributed by atoms with Gasteiger partial charge in [0.15, 0.2) is 0 Å². The molecule has 0 aromatic heterocycles. The van der Waals surface area contributed by atoms with Crippen molar-refractivity contribution in [3.63, 3.8) is 0 Å². The maximum Gasteiger partial charge on any atom is 0.278 e. The monoisotopic (exact) mass is 212 g/mol. The van der Waals surface area contributed by atoms with Crippen LogP contribution < -0.4 is 0 Å². The van der Waals surface area contributed by atoms with Crippen LogP contribution in [0.25, 0.3) is 0 Å². The van der Waals surface area contributed by atoms with Crippen molar-refractivity contribution >= 4 is 11.6 Å². The van der Waals surface area contributed by atoms with Gasteiger partial charge in [-0.15, -0.1) is 0 Å². The lowest BCUT2D eigenvalue weighted by molar-refractivity contribution is 0.0826. The maximum absolute atomic E-state index is 12.0. The Bertz CT molecular complexity index is 472. The Morgan fingerprint density at radius 3 is 2.69 bits per heavy atom. The third-order valence-corrected chi connectivity index (χ3v) is 2.17. The van der Waals surface area contributed by atoms with E-state index in [1.54, 1.807) is 24.4 Å². The van der Waals surface area contributed by atoms with E-state index in [0.717, 1.165) is 5.71 Å². The van der Waals surface area contributed by atoms with Crippen molar-refractivity contribution in [3.8, 4) is 0 Å². The number of carbonyl (C=O) groups is 1. The van der Waals surface area contributed by atoms with Crippen LogP contribution in [-0.4, -0.2) is 16.6 Å². The molecule has 0 aliphatic carbocycles. The number of allylic oxidation sites excluding steroid dienone is 3. The second-order valence-electron chi connectivity index (χ2n) is 3.46. The molecule has 0 radical (unpaired) electrons. The second-order valence-corrected chi connectivity index (χ2v) is 3.46. The van der Waals surface area contributed by atoms with Crippen molar-refractivity contribution in [2.45, 2.75) is 6.92 Å². The molecule has 80 valence electrons. The summed E-state index contributed by atoms with van der Waals surface area (Å²) in [6.45, 7) is 1.86. The molecule has 0 fully saturated rings. The van der Waals surface area contributed by atoms with Gasteiger partial charge >= 0.3 is 0 Å². The minimum atomic E-state index is -0.125. The summed E-state index contributed by atoms with van der Waals surface area (Å²) in [5.74, 6) is -0.125. The van der Waals surface area contributed by atoms with Gasteiger partial charge in [-0.05, 0) is 31.2 Å². The molecular weight excluding hydrogens is 200 g/mol. The summed E-state index contributed by atoms with van der Waals surface area (Å²) in [5.41, 5.74) is 1.43. The lowest BCUT2D eigenvalue weighted by Gasteiger charge is -2.11. The SMILES string of the molecule is CC1=NN(C(=O)c2ccccc2)C=CC=C1. The Hall–Kier alpha value is -2.16. The predicted octanol–water partition coefficient (Wildman–Crippen LogP) is 2.59. The molecule has 2 rings (SSSR count). The van der Waals surface area contributed by atoms with Crippen LogP contribution in [0.15, 0.2) is 59.9 Å². The fraction of sp³-hybridized carbons (Fsp3) is 0.0769. The van der Waals surface area contributed by atoms with E-state index in [1.165, 1.54) is 5.01 Å². The van der Waals surface area contributed by atoms with E-state index in [0.29, 0.717) is 5.56 Å². The van der Waals surface area contributed by atoms with Crippen LogP contribution in [0.3, 0.4) is 0 Å². The third kappa shape index (κ3) is 2.25. The van der Waals surface area contributed by atoms with Crippen LogP contribution in [0, 0.1) is 0 Å². The number of hydrazone groups is 1. The van der Waals surface area contributed by atoms with Gasteiger partial charge in [0.1, 0.15) is 0 Å². The molecule has 0 saturated heterocycles. The van der Waals surface area contributed by atoms with Crippen molar-refractivity contribution in [2.24, 2.45) is 5.10 Å². The Kier molecular flexibility index (Phi) is 2.96. The number of nitrogens with zero attached hydrogens (tertiary/aromatic N) is 2. The number of rotatable bonds is 1. The molecule has 3 nitrogen and oxygen atoms in total. The van der Waals surface area contributed by atoms with E-state index >= 15 is 0 Å². The van der Waals surface area contributed by atoms with Crippen molar-refractivity contribution in [1.82, 2.24) is 5.01 Å². The van der Waals surface area contributed by atoms with Gasteiger partial charge in [0.25, 0.3) is 5.91 Å². The van der Waals surface area contributed by atoms with Crippen LogP contribution in [-0.2, 0) is 0 Å². The smallest absolute Gasteiger partial charge is 0.267 e. The average molecular weight is 212 g/mol. The quantitative estimate of drug-likeness (QED) is 0.704. The number of amides is 1. The highest BCUT2D eigenvalue weighted by Gasteiger charge is 2.12. The molecule has 1 amide bonds. The number of hydrogen-bond donors (Lipinski definition) is 0. The molecule has 0 atom stereocenters. The zero-order chi connectivity index (χ0) is 11.4. The first-order valence-corrected chi connectivity index (χ1v) is 5.06. The number of benzene rings is 1. The van der Waals surface area contributed by atoms with Gasteiger partial charge < -0.3 is 0 Å². The minimum Gasteiger partial charge on any atom is -0.267 e. The van der Waals surface area contributed by atoms with Crippen molar-refractivity contribution in [2.75, 3.05) is 0 Å². The molecule has 1 aliphatic rings. The molecule has 1 aromatic rings. The van der Waals surface area contributed by atoms with E-state index in [2.05, 4.69) is 5.10 Å². The Balaban J connectivity index is 2.26. The normalized spacial score (nSPS) is 14.6. The van der Waals surface area contributed by atoms with Crippen molar-refractivity contribution in [1.29, 1.82) is 0 Å². The summed E-state index contributed by atoms with van der Waals surface area (Å²) in [5, 5.41) is 5.53. The highest BCUT2D eigenvalue weighted by atomic mass is 16.2. The maximum atomic E-state index is 12.0. The minimum absolute atomic E-state index is 0.125. The van der Waals surface area contributed by atoms with E-state index in [9.17, 15) is 4.79 Å². The summed E-state index contributed by atoms with van der Waals surface area (Å²) in [6, 6.07) is 9.11. The molecule has 0 bridgehead atoms. The Morgan fingerprint density at radius 2 is 1.94 bits per heavy atom. The molecule has 1 heterocycles. The first kappa shape index (κ1) is 10.4. The molecule has 0 unspecified atom stereocenters. The summed E-state index contributed by atoms with van der Waals surface area (Å²) in [6.07, 6.45) is 7.16. The zero-order valence-electron chi connectivity index (χ0n) is 9.00. The van der Waals surface area contributed by atoms with Crippen LogP contribution >= 0.6 is 0 Å². The van der Waals surface area contributed by atoms with Crippen molar-refractivity contribution in [3.05, 3.63) is 60.3 Å². The van der Waals surface area contributed by atoms with Crippen LogP contribution in [0.2, 0.25) is 0 Å². The fourth-order valence-electron chi connectivity index (χ4n) is 1.39.